The standard InChI is InChI=1S/C22H30F3N3O3S/c23-22(24,25)15-26-32(29,30)27-21-18-5-6-19(21)14-20-12-16(3-4-17(20)13-18)2-1-7-28-8-10-31-11-9-28/h1-4,12,18-19,21,26-27H,5-11,13-15H2/b2-1+. The van der Waals surface area contributed by atoms with Crippen molar-refractivity contribution in [1.82, 2.24) is 14.3 Å². The molecular weight excluding hydrogens is 443 g/mol. The lowest BCUT2D eigenvalue weighted by Gasteiger charge is -2.25. The van der Waals surface area contributed by atoms with E-state index in [1.165, 1.54) is 11.1 Å². The second-order valence-electron chi connectivity index (χ2n) is 8.93. The summed E-state index contributed by atoms with van der Waals surface area (Å²) in [6, 6.07) is 6.00. The van der Waals surface area contributed by atoms with E-state index in [9.17, 15) is 21.6 Å². The van der Waals surface area contributed by atoms with E-state index in [-0.39, 0.29) is 17.9 Å². The maximum absolute atomic E-state index is 12.4. The highest BCUT2D eigenvalue weighted by Gasteiger charge is 2.41. The summed E-state index contributed by atoms with van der Waals surface area (Å²) in [6.45, 7) is 2.72. The van der Waals surface area contributed by atoms with E-state index in [0.717, 1.165) is 64.1 Å². The Morgan fingerprint density at radius 1 is 1.09 bits per heavy atom. The van der Waals surface area contributed by atoms with Gasteiger partial charge in [0.1, 0.15) is 6.54 Å². The van der Waals surface area contributed by atoms with Crippen LogP contribution in [0.5, 0.6) is 0 Å². The zero-order valence-corrected chi connectivity index (χ0v) is 18.7. The molecule has 0 aromatic heterocycles. The zero-order valence-electron chi connectivity index (χ0n) is 17.9. The molecule has 1 saturated heterocycles. The van der Waals surface area contributed by atoms with Gasteiger partial charge in [0.15, 0.2) is 0 Å². The predicted molar refractivity (Wildman–Crippen MR) is 116 cm³/mol. The quantitative estimate of drug-likeness (QED) is 0.639. The van der Waals surface area contributed by atoms with Crippen LogP contribution in [0.3, 0.4) is 0 Å². The van der Waals surface area contributed by atoms with Crippen LogP contribution in [0.15, 0.2) is 24.3 Å². The molecule has 2 N–H and O–H groups in total. The van der Waals surface area contributed by atoms with E-state index < -0.39 is 22.9 Å². The Balaban J connectivity index is 1.40. The highest BCUT2D eigenvalue weighted by molar-refractivity contribution is 7.87. The molecule has 1 saturated carbocycles. The van der Waals surface area contributed by atoms with Crippen molar-refractivity contribution < 1.29 is 26.3 Å². The van der Waals surface area contributed by atoms with Crippen molar-refractivity contribution in [2.24, 2.45) is 11.8 Å². The summed E-state index contributed by atoms with van der Waals surface area (Å²) in [5.74, 6) is 0.169. The Hall–Kier alpha value is -1.46. The third-order valence-electron chi connectivity index (χ3n) is 6.65. The van der Waals surface area contributed by atoms with Crippen molar-refractivity contribution in [2.45, 2.75) is 37.9 Å². The number of morpholine rings is 1. The highest BCUT2D eigenvalue weighted by Crippen LogP contribution is 2.40. The normalized spacial score (nSPS) is 26.9. The van der Waals surface area contributed by atoms with E-state index in [2.05, 4.69) is 40.0 Å². The predicted octanol–water partition coefficient (Wildman–Crippen LogP) is 2.51. The van der Waals surface area contributed by atoms with Crippen LogP contribution in [-0.4, -0.2) is 64.9 Å². The first-order valence-corrected chi connectivity index (χ1v) is 12.6. The van der Waals surface area contributed by atoms with Crippen molar-refractivity contribution in [1.29, 1.82) is 0 Å². The third kappa shape index (κ3) is 6.32. The second-order valence-corrected chi connectivity index (χ2v) is 10.5. The van der Waals surface area contributed by atoms with Crippen LogP contribution < -0.4 is 9.44 Å². The molecule has 1 heterocycles. The second kappa shape index (κ2) is 9.80. The van der Waals surface area contributed by atoms with Gasteiger partial charge in [0.05, 0.1) is 13.2 Å². The maximum Gasteiger partial charge on any atom is 0.402 e. The third-order valence-corrected chi connectivity index (χ3v) is 7.76. The van der Waals surface area contributed by atoms with Crippen molar-refractivity contribution in [3.8, 4) is 0 Å². The average molecular weight is 474 g/mol. The fourth-order valence-electron chi connectivity index (χ4n) is 5.05. The molecule has 2 bridgehead atoms. The number of rotatable bonds is 7. The van der Waals surface area contributed by atoms with Gasteiger partial charge in [-0.1, -0.05) is 30.4 Å². The number of hydrogen-bond donors (Lipinski definition) is 2. The summed E-state index contributed by atoms with van der Waals surface area (Å²) in [4.78, 5) is 2.34. The smallest absolute Gasteiger partial charge is 0.379 e. The van der Waals surface area contributed by atoms with Gasteiger partial charge in [-0.2, -0.15) is 31.0 Å². The van der Waals surface area contributed by atoms with E-state index in [1.54, 1.807) is 4.72 Å². The molecule has 4 rings (SSSR count). The number of nitrogens with zero attached hydrogens (tertiary/aromatic N) is 1. The summed E-state index contributed by atoms with van der Waals surface area (Å²) in [6.07, 6.45) is 2.88. The first-order chi connectivity index (χ1) is 15.2. The zero-order chi connectivity index (χ0) is 22.8. The lowest BCUT2D eigenvalue weighted by Crippen LogP contribution is -2.49. The molecule has 178 valence electrons. The summed E-state index contributed by atoms with van der Waals surface area (Å²) >= 11 is 0. The molecule has 10 heteroatoms. The van der Waals surface area contributed by atoms with Gasteiger partial charge < -0.3 is 4.74 Å². The molecule has 32 heavy (non-hydrogen) atoms. The molecular formula is C22H30F3N3O3S. The van der Waals surface area contributed by atoms with Crippen molar-refractivity contribution >= 4 is 16.3 Å². The Bertz CT molecular complexity index is 930. The van der Waals surface area contributed by atoms with Gasteiger partial charge in [-0.05, 0) is 54.2 Å². The fourth-order valence-corrected chi connectivity index (χ4v) is 6.23. The van der Waals surface area contributed by atoms with Gasteiger partial charge >= 0.3 is 6.18 Å². The van der Waals surface area contributed by atoms with Crippen LogP contribution in [0.1, 0.15) is 29.5 Å². The number of ether oxygens (including phenoxy) is 1. The van der Waals surface area contributed by atoms with E-state index in [1.807, 2.05) is 0 Å². The Morgan fingerprint density at radius 2 is 1.78 bits per heavy atom. The summed E-state index contributed by atoms with van der Waals surface area (Å²) in [5, 5.41) is 0. The molecule has 0 amide bonds. The Morgan fingerprint density at radius 3 is 2.47 bits per heavy atom. The Labute approximate surface area is 187 Å². The van der Waals surface area contributed by atoms with Crippen molar-refractivity contribution in [3.63, 3.8) is 0 Å². The molecule has 2 aliphatic carbocycles. The number of halogens is 3. The molecule has 2 fully saturated rings. The number of alkyl halides is 3. The lowest BCUT2D eigenvalue weighted by molar-refractivity contribution is -0.121. The van der Waals surface area contributed by atoms with Gasteiger partial charge in [-0.15, -0.1) is 0 Å². The molecule has 0 spiro atoms. The number of hydrogen-bond acceptors (Lipinski definition) is 4. The van der Waals surface area contributed by atoms with Crippen molar-refractivity contribution in [3.05, 3.63) is 41.0 Å². The number of benzene rings is 1. The fraction of sp³-hybridized carbons (Fsp3) is 0.636. The Kier molecular flexibility index (Phi) is 7.26. The average Bonchev–Trinajstić information content (AvgIpc) is 3.01. The first kappa shape index (κ1) is 23.7. The summed E-state index contributed by atoms with van der Waals surface area (Å²) in [7, 11) is -4.22. The van der Waals surface area contributed by atoms with Gasteiger partial charge in [-0.3, -0.25) is 4.90 Å². The monoisotopic (exact) mass is 473 g/mol. The minimum atomic E-state index is -4.58. The summed E-state index contributed by atoms with van der Waals surface area (Å²) in [5.41, 5.74) is 3.52. The largest absolute Gasteiger partial charge is 0.402 e. The van der Waals surface area contributed by atoms with E-state index >= 15 is 0 Å². The summed E-state index contributed by atoms with van der Waals surface area (Å²) < 4.78 is 71.3. The maximum atomic E-state index is 12.4. The van der Waals surface area contributed by atoms with Gasteiger partial charge in [-0.25, -0.2) is 0 Å². The van der Waals surface area contributed by atoms with Crippen LogP contribution in [0.4, 0.5) is 13.2 Å². The first-order valence-electron chi connectivity index (χ1n) is 11.1. The molecule has 0 radical (unpaired) electrons. The molecule has 3 unspecified atom stereocenters. The SMILES string of the molecule is O=S(=O)(NCC(F)(F)F)NC1C2CCC1Cc1cc(/C=C/CN3CCOCC3)ccc1C2. The number of nitrogens with one attached hydrogen (secondary N) is 2. The molecule has 3 aliphatic rings. The highest BCUT2D eigenvalue weighted by atomic mass is 32.2. The van der Waals surface area contributed by atoms with Gasteiger partial charge in [0.25, 0.3) is 10.2 Å². The van der Waals surface area contributed by atoms with Gasteiger partial charge in [0, 0.05) is 25.7 Å². The van der Waals surface area contributed by atoms with Crippen molar-refractivity contribution in [2.75, 3.05) is 39.4 Å². The van der Waals surface area contributed by atoms with Crippen LogP contribution in [-0.2, 0) is 27.8 Å². The van der Waals surface area contributed by atoms with Gasteiger partial charge in [0.2, 0.25) is 0 Å². The molecule has 3 atom stereocenters. The molecule has 1 aliphatic heterocycles. The molecule has 1 aromatic rings. The molecule has 1 aromatic carbocycles. The van der Waals surface area contributed by atoms with Crippen LogP contribution in [0, 0.1) is 11.8 Å². The molecule has 6 nitrogen and oxygen atoms in total. The van der Waals surface area contributed by atoms with Crippen LogP contribution in [0.25, 0.3) is 6.08 Å². The van der Waals surface area contributed by atoms with E-state index in [4.69, 9.17) is 4.74 Å². The topological polar surface area (TPSA) is 70.7 Å². The van der Waals surface area contributed by atoms with Crippen LogP contribution >= 0.6 is 0 Å². The van der Waals surface area contributed by atoms with Crippen LogP contribution in [0.2, 0.25) is 0 Å². The minimum Gasteiger partial charge on any atom is -0.379 e. The minimum absolute atomic E-state index is 0.0799. The lowest BCUT2D eigenvalue weighted by atomic mass is 9.92. The van der Waals surface area contributed by atoms with E-state index in [0.29, 0.717) is 0 Å². The number of fused-ring (bicyclic) bond motifs is 3.